The fourth-order valence-electron chi connectivity index (χ4n) is 6.98. The Balaban J connectivity index is 1.77. The number of rotatable bonds is 27. The SMILES string of the molecule is CC(C)C[C@H](NC(=O)[C@@H]1C[C@@H](OCCCCc2ccccc2)CN1C(=O)CCOC(C)(C)COC(C)(C)C)C(=O)N[C@@H](Cc1cnc[nH]1)C(=O)N[C@@H](CO)C(=O)N[C@H](C(N)=O)[C@@H](C)O. The molecule has 1 aromatic heterocycles. The Morgan fingerprint density at radius 2 is 1.55 bits per heavy atom. The first-order valence-electron chi connectivity index (χ1n) is 22.1. The van der Waals surface area contributed by atoms with E-state index in [0.717, 1.165) is 19.3 Å². The summed E-state index contributed by atoms with van der Waals surface area (Å²) in [5.74, 6) is -4.64. The van der Waals surface area contributed by atoms with E-state index in [1.165, 1.54) is 29.9 Å². The van der Waals surface area contributed by atoms with Crippen LogP contribution in [-0.4, -0.2) is 147 Å². The molecule has 2 heterocycles. The Kier molecular flexibility index (Phi) is 21.3. The van der Waals surface area contributed by atoms with Crippen molar-refractivity contribution in [2.45, 2.75) is 154 Å². The number of carbonyl (C=O) groups excluding carboxylic acids is 6. The number of aromatic amines is 1. The van der Waals surface area contributed by atoms with E-state index in [1.54, 1.807) is 0 Å². The van der Waals surface area contributed by atoms with Crippen molar-refractivity contribution in [1.82, 2.24) is 36.1 Å². The quantitative estimate of drug-likeness (QED) is 0.0579. The highest BCUT2D eigenvalue weighted by molar-refractivity contribution is 5.96. The largest absolute Gasteiger partial charge is 0.394 e. The number of likely N-dealkylation sites (tertiary alicyclic amines) is 1. The maximum absolute atomic E-state index is 14.3. The van der Waals surface area contributed by atoms with Gasteiger partial charge in [-0.3, -0.25) is 28.8 Å². The van der Waals surface area contributed by atoms with Gasteiger partial charge in [0.05, 0.1) is 56.0 Å². The van der Waals surface area contributed by atoms with Gasteiger partial charge in [0.25, 0.3) is 0 Å². The third-order valence-corrected chi connectivity index (χ3v) is 10.5. The normalized spacial score (nSPS) is 17.8. The van der Waals surface area contributed by atoms with Gasteiger partial charge in [0, 0.05) is 37.9 Å². The number of nitrogens with zero attached hydrogens (tertiary/aromatic N) is 2. The number of aliphatic hydroxyl groups excluding tert-OH is 2. The number of nitrogens with two attached hydrogens (primary N) is 1. The predicted octanol–water partition coefficient (Wildman–Crippen LogP) is 0.805. The van der Waals surface area contributed by atoms with E-state index in [-0.39, 0.29) is 56.3 Å². The van der Waals surface area contributed by atoms with Crippen LogP contribution in [0, 0.1) is 5.92 Å². The summed E-state index contributed by atoms with van der Waals surface area (Å²) in [6.45, 7) is 14.6. The first-order chi connectivity index (χ1) is 30.1. The second-order valence-corrected chi connectivity index (χ2v) is 18.4. The number of carbonyl (C=O) groups is 6. The van der Waals surface area contributed by atoms with Crippen LogP contribution in [0.15, 0.2) is 42.9 Å². The molecule has 1 fully saturated rings. The number of unbranched alkanes of at least 4 members (excludes halogenated alkanes) is 1. The molecule has 1 aliphatic heterocycles. The van der Waals surface area contributed by atoms with E-state index in [4.69, 9.17) is 19.9 Å². The van der Waals surface area contributed by atoms with Crippen molar-refractivity contribution in [2.75, 3.05) is 33.0 Å². The van der Waals surface area contributed by atoms with Gasteiger partial charge in [-0.05, 0) is 78.7 Å². The van der Waals surface area contributed by atoms with Crippen molar-refractivity contribution in [2.24, 2.45) is 11.7 Å². The highest BCUT2D eigenvalue weighted by Gasteiger charge is 2.42. The lowest BCUT2D eigenvalue weighted by Crippen LogP contribution is -2.61. The lowest BCUT2D eigenvalue weighted by atomic mass is 10.0. The molecule has 0 bridgehead atoms. The third-order valence-electron chi connectivity index (χ3n) is 10.5. The molecule has 7 atom stereocenters. The Hall–Kier alpha value is -4.95. The fourth-order valence-corrected chi connectivity index (χ4v) is 6.98. The number of amides is 6. The number of primary amides is 1. The predicted molar refractivity (Wildman–Crippen MR) is 237 cm³/mol. The zero-order chi connectivity index (χ0) is 47.6. The molecule has 19 heteroatoms. The van der Waals surface area contributed by atoms with Gasteiger partial charge in [0.15, 0.2) is 0 Å². The van der Waals surface area contributed by atoms with Crippen LogP contribution in [-0.2, 0) is 55.8 Å². The number of aromatic nitrogens is 2. The summed E-state index contributed by atoms with van der Waals surface area (Å²) in [4.78, 5) is 89.0. The molecule has 1 saturated heterocycles. The number of hydrogen-bond acceptors (Lipinski definition) is 12. The van der Waals surface area contributed by atoms with Crippen LogP contribution in [0.3, 0.4) is 0 Å². The van der Waals surface area contributed by atoms with E-state index >= 15 is 0 Å². The molecule has 6 amide bonds. The molecule has 9 N–H and O–H groups in total. The zero-order valence-corrected chi connectivity index (χ0v) is 38.7. The van der Waals surface area contributed by atoms with Gasteiger partial charge in [0.1, 0.15) is 30.2 Å². The molecule has 64 heavy (non-hydrogen) atoms. The summed E-state index contributed by atoms with van der Waals surface area (Å²) in [7, 11) is 0. The minimum Gasteiger partial charge on any atom is -0.394 e. The standard InChI is InChI=1S/C45H72N8O11/c1-28(2)20-33(40(58)49-34(21-31-23-47-27-48-31)41(59)51-35(25-54)42(60)52-38(29(3)55)39(46)57)50-43(61)36-22-32(62-18-13-12-16-30-14-10-9-11-15-30)24-53(36)37(56)17-19-63-45(7,8)26-64-44(4,5)6/h9-11,14-15,23,27-29,32-36,38,54-55H,12-13,16-22,24-26H2,1-8H3,(H2,46,57)(H,47,48)(H,49,58)(H,50,61)(H,51,59)(H,52,60)/t29-,32-,33+,34+,35+,36+,38+/m1/s1. The van der Waals surface area contributed by atoms with Crippen molar-refractivity contribution in [3.63, 3.8) is 0 Å². The molecule has 0 aliphatic carbocycles. The van der Waals surface area contributed by atoms with Crippen LogP contribution in [0.5, 0.6) is 0 Å². The summed E-state index contributed by atoms with van der Waals surface area (Å²) in [5.41, 5.74) is 5.91. The molecule has 0 spiro atoms. The molecule has 3 rings (SSSR count). The summed E-state index contributed by atoms with van der Waals surface area (Å²) < 4.78 is 18.2. The van der Waals surface area contributed by atoms with Crippen LogP contribution in [0.1, 0.15) is 98.8 Å². The number of aryl methyl sites for hydroxylation is 1. The van der Waals surface area contributed by atoms with Crippen molar-refractivity contribution in [1.29, 1.82) is 0 Å². The second-order valence-electron chi connectivity index (χ2n) is 18.4. The maximum Gasteiger partial charge on any atom is 0.245 e. The van der Waals surface area contributed by atoms with Crippen molar-refractivity contribution < 1.29 is 53.2 Å². The first-order valence-corrected chi connectivity index (χ1v) is 22.1. The fraction of sp³-hybridized carbons (Fsp3) is 0.667. The number of ether oxygens (including phenoxy) is 3. The number of aliphatic hydroxyl groups is 2. The minimum absolute atomic E-state index is 0.0120. The molecular formula is C45H72N8O11. The Bertz CT molecular complexity index is 1790. The highest BCUT2D eigenvalue weighted by atomic mass is 16.6. The molecule has 358 valence electrons. The topological polar surface area (TPSA) is 277 Å². The van der Waals surface area contributed by atoms with Gasteiger partial charge >= 0.3 is 0 Å². The van der Waals surface area contributed by atoms with Gasteiger partial charge in [0.2, 0.25) is 35.4 Å². The lowest BCUT2D eigenvalue weighted by Gasteiger charge is -2.30. The highest BCUT2D eigenvalue weighted by Crippen LogP contribution is 2.24. The van der Waals surface area contributed by atoms with Crippen molar-refractivity contribution in [3.8, 4) is 0 Å². The van der Waals surface area contributed by atoms with E-state index in [1.807, 2.05) is 66.7 Å². The number of benzene rings is 1. The van der Waals surface area contributed by atoms with E-state index in [9.17, 15) is 39.0 Å². The molecule has 1 aromatic carbocycles. The van der Waals surface area contributed by atoms with Crippen molar-refractivity contribution in [3.05, 3.63) is 54.1 Å². The molecule has 0 radical (unpaired) electrons. The first kappa shape index (κ1) is 53.4. The summed E-state index contributed by atoms with van der Waals surface area (Å²) in [6.07, 6.45) is 3.78. The zero-order valence-electron chi connectivity index (χ0n) is 38.7. The van der Waals surface area contributed by atoms with Crippen LogP contribution in [0.4, 0.5) is 0 Å². The van der Waals surface area contributed by atoms with E-state index in [0.29, 0.717) is 18.9 Å². The number of H-pyrrole nitrogens is 1. The van der Waals surface area contributed by atoms with Gasteiger partial charge in [-0.25, -0.2) is 4.98 Å². The third kappa shape index (κ3) is 18.6. The smallest absolute Gasteiger partial charge is 0.245 e. The van der Waals surface area contributed by atoms with Gasteiger partial charge in [-0.15, -0.1) is 0 Å². The molecule has 19 nitrogen and oxygen atoms in total. The molecular weight excluding hydrogens is 829 g/mol. The lowest BCUT2D eigenvalue weighted by molar-refractivity contribution is -0.143. The van der Waals surface area contributed by atoms with Crippen LogP contribution in [0.2, 0.25) is 0 Å². The van der Waals surface area contributed by atoms with Crippen LogP contribution in [0.25, 0.3) is 0 Å². The van der Waals surface area contributed by atoms with Gasteiger partial charge in [-0.1, -0.05) is 44.2 Å². The molecule has 1 aliphatic rings. The number of nitrogens with one attached hydrogen (secondary N) is 5. The monoisotopic (exact) mass is 901 g/mol. The maximum atomic E-state index is 14.3. The van der Waals surface area contributed by atoms with Crippen LogP contribution >= 0.6 is 0 Å². The minimum atomic E-state index is -1.60. The van der Waals surface area contributed by atoms with E-state index < -0.39 is 84.2 Å². The molecule has 0 saturated carbocycles. The second kappa shape index (κ2) is 25.5. The Labute approximate surface area is 376 Å². The molecule has 2 aromatic rings. The van der Waals surface area contributed by atoms with Crippen LogP contribution < -0.4 is 27.0 Å². The summed E-state index contributed by atoms with van der Waals surface area (Å²) in [6, 6.07) is 3.54. The summed E-state index contributed by atoms with van der Waals surface area (Å²) >= 11 is 0. The molecule has 0 unspecified atom stereocenters. The summed E-state index contributed by atoms with van der Waals surface area (Å²) in [5, 5.41) is 30.0. The average Bonchev–Trinajstić information content (AvgIpc) is 3.90. The average molecular weight is 901 g/mol. The van der Waals surface area contributed by atoms with Crippen molar-refractivity contribution >= 4 is 35.4 Å². The van der Waals surface area contributed by atoms with E-state index in [2.05, 4.69) is 43.4 Å². The number of imidazole rings is 1. The van der Waals surface area contributed by atoms with Gasteiger partial charge < -0.3 is 61.3 Å². The Morgan fingerprint density at radius 1 is 0.891 bits per heavy atom. The number of hydrogen-bond donors (Lipinski definition) is 8. The Morgan fingerprint density at radius 3 is 2.14 bits per heavy atom. The van der Waals surface area contributed by atoms with Gasteiger partial charge in [-0.2, -0.15) is 0 Å².